The van der Waals surface area contributed by atoms with Crippen molar-refractivity contribution >= 4 is 40.6 Å². The maximum atomic E-state index is 13.9. The molecule has 2 aromatic carbocycles. The summed E-state index contributed by atoms with van der Waals surface area (Å²) in [5, 5.41) is 8.75. The zero-order valence-corrected chi connectivity index (χ0v) is 27.5. The van der Waals surface area contributed by atoms with Crippen LogP contribution in [0.4, 0.5) is 24.7 Å². The molecule has 0 saturated carbocycles. The summed E-state index contributed by atoms with van der Waals surface area (Å²) in [5.41, 5.74) is 9.44. The van der Waals surface area contributed by atoms with Crippen molar-refractivity contribution in [3.05, 3.63) is 59.9 Å². The highest BCUT2D eigenvalue weighted by molar-refractivity contribution is 6.06. The van der Waals surface area contributed by atoms with Gasteiger partial charge in [0.2, 0.25) is 5.91 Å². The highest BCUT2D eigenvalue weighted by Crippen LogP contribution is 2.48. The molecule has 3 aliphatic rings. The number of nitrogens with zero attached hydrogens (tertiary/aromatic N) is 5. The van der Waals surface area contributed by atoms with E-state index in [0.29, 0.717) is 76.7 Å². The summed E-state index contributed by atoms with van der Waals surface area (Å²) in [6.07, 6.45) is 2.77. The average Bonchev–Trinajstić information content (AvgIpc) is 3.05. The molecule has 0 atom stereocenters. The number of benzene rings is 2. The maximum Gasteiger partial charge on any atom is 0.422 e. The van der Waals surface area contributed by atoms with Gasteiger partial charge in [0.15, 0.2) is 12.4 Å². The monoisotopic (exact) mass is 661 g/mol. The van der Waals surface area contributed by atoms with Gasteiger partial charge in [-0.15, -0.1) is 0 Å². The number of likely N-dealkylation sites (tertiary alicyclic amines) is 2. The minimum Gasteiger partial charge on any atom is -0.481 e. The van der Waals surface area contributed by atoms with Crippen molar-refractivity contribution in [1.29, 1.82) is 5.41 Å². The number of nitrogens with one attached hydrogen (secondary N) is 1. The number of fused-ring (bicyclic) bond motifs is 1. The summed E-state index contributed by atoms with van der Waals surface area (Å²) >= 11 is 0. The van der Waals surface area contributed by atoms with Crippen LogP contribution < -0.4 is 15.4 Å². The van der Waals surface area contributed by atoms with Gasteiger partial charge in [0.05, 0.1) is 0 Å². The number of alkyl halides is 3. The minimum atomic E-state index is -4.61. The van der Waals surface area contributed by atoms with Crippen LogP contribution in [0.25, 0.3) is 28.1 Å². The largest absolute Gasteiger partial charge is 0.481 e. The zero-order valence-electron chi connectivity index (χ0n) is 27.5. The third-order valence-electron chi connectivity index (χ3n) is 10.2. The van der Waals surface area contributed by atoms with Gasteiger partial charge >= 0.3 is 6.18 Å². The van der Waals surface area contributed by atoms with E-state index in [2.05, 4.69) is 30.0 Å². The Morgan fingerprint density at radius 1 is 1.12 bits per heavy atom. The summed E-state index contributed by atoms with van der Waals surface area (Å²) in [4.78, 5) is 28.6. The molecule has 6 rings (SSSR count). The fourth-order valence-corrected chi connectivity index (χ4v) is 7.45. The molecular weight excluding hydrogens is 619 g/mol. The van der Waals surface area contributed by atoms with Crippen LogP contribution in [0.3, 0.4) is 0 Å². The lowest BCUT2D eigenvalue weighted by molar-refractivity contribution is -0.153. The molecule has 0 unspecified atom stereocenters. The fourth-order valence-electron chi connectivity index (χ4n) is 7.45. The lowest BCUT2D eigenvalue weighted by Crippen LogP contribution is -2.61. The number of piperidine rings is 2. The second-order valence-corrected chi connectivity index (χ2v) is 13.4. The molecule has 1 amide bonds. The number of halogens is 3. The molecule has 0 bridgehead atoms. The van der Waals surface area contributed by atoms with E-state index in [0.717, 1.165) is 50.6 Å². The number of aryl methyl sites for hydroxylation is 1. The topological polar surface area (TPSA) is 112 Å². The van der Waals surface area contributed by atoms with Crippen molar-refractivity contribution in [2.75, 3.05) is 63.6 Å². The molecule has 3 aromatic rings. The second kappa shape index (κ2) is 12.9. The van der Waals surface area contributed by atoms with Crippen LogP contribution in [-0.2, 0) is 4.79 Å². The normalized spacial score (nSPS) is 18.5. The standard InChI is InChI=1S/C36H42F3N7O2/c1-5-23-17-25-31(32(48-21-36(37,38)39)30(23)29-22(3)7-8-27(41)26(29)18-40)42-33(24-9-13-44(4)14-10-24)43-34(25)45-15-11-35(12-16-45)19-46(20-35)28(47)6-2/h5-8,17-18,24,40H,1-2,9-16,19-21,41H2,3-4H3. The fraction of sp³-hybridized carbons (Fsp3) is 0.444. The summed E-state index contributed by atoms with van der Waals surface area (Å²) in [7, 11) is 2.07. The van der Waals surface area contributed by atoms with Gasteiger partial charge in [0.25, 0.3) is 0 Å². The average molecular weight is 662 g/mol. The van der Waals surface area contributed by atoms with Gasteiger partial charge in [-0.3, -0.25) is 4.79 Å². The molecule has 3 N–H and O–H groups in total. The van der Waals surface area contributed by atoms with Crippen molar-refractivity contribution in [2.45, 2.75) is 44.7 Å². The third-order valence-corrected chi connectivity index (χ3v) is 10.2. The highest BCUT2D eigenvalue weighted by Gasteiger charge is 2.46. The number of nitrogens with two attached hydrogens (primary N) is 1. The van der Waals surface area contributed by atoms with Crippen LogP contribution in [0.5, 0.6) is 5.75 Å². The Morgan fingerprint density at radius 3 is 2.42 bits per heavy atom. The Kier molecular flexibility index (Phi) is 8.97. The predicted molar refractivity (Wildman–Crippen MR) is 184 cm³/mol. The first-order valence-corrected chi connectivity index (χ1v) is 16.3. The van der Waals surface area contributed by atoms with E-state index in [1.165, 1.54) is 6.08 Å². The summed E-state index contributed by atoms with van der Waals surface area (Å²) in [6.45, 7) is 12.4. The molecule has 4 heterocycles. The van der Waals surface area contributed by atoms with Gasteiger partial charge in [0.1, 0.15) is 17.2 Å². The van der Waals surface area contributed by atoms with Crippen molar-refractivity contribution in [1.82, 2.24) is 19.8 Å². The lowest BCUT2D eigenvalue weighted by Gasteiger charge is -2.54. The van der Waals surface area contributed by atoms with Gasteiger partial charge in [-0.2, -0.15) is 13.2 Å². The number of hydrogen-bond donors (Lipinski definition) is 2. The van der Waals surface area contributed by atoms with Crippen molar-refractivity contribution in [3.63, 3.8) is 0 Å². The van der Waals surface area contributed by atoms with Crippen molar-refractivity contribution in [3.8, 4) is 16.9 Å². The molecule has 1 spiro atoms. The van der Waals surface area contributed by atoms with Gasteiger partial charge in [-0.05, 0) is 87.6 Å². The molecule has 3 aliphatic heterocycles. The number of anilines is 2. The van der Waals surface area contributed by atoms with E-state index in [1.807, 2.05) is 17.9 Å². The van der Waals surface area contributed by atoms with Crippen LogP contribution in [0.1, 0.15) is 54.1 Å². The van der Waals surface area contributed by atoms with E-state index in [9.17, 15) is 18.0 Å². The van der Waals surface area contributed by atoms with E-state index in [1.54, 1.807) is 18.2 Å². The molecule has 0 aliphatic carbocycles. The quantitative estimate of drug-likeness (QED) is 0.168. The smallest absolute Gasteiger partial charge is 0.422 e. The number of nitrogen functional groups attached to an aromatic ring is 1. The zero-order chi connectivity index (χ0) is 34.4. The molecule has 0 radical (unpaired) electrons. The predicted octanol–water partition coefficient (Wildman–Crippen LogP) is 6.19. The first kappa shape index (κ1) is 33.5. The molecule has 9 nitrogen and oxygen atoms in total. The van der Waals surface area contributed by atoms with Crippen LogP contribution >= 0.6 is 0 Å². The van der Waals surface area contributed by atoms with Crippen LogP contribution in [-0.4, -0.2) is 91.0 Å². The van der Waals surface area contributed by atoms with E-state index in [4.69, 9.17) is 25.8 Å². The SMILES string of the molecule is C=CC(=O)N1CC2(CCN(c3nc(C4CCN(C)CC4)nc4c(OCC(F)(F)F)c(-c5c(C)ccc(N)c5C=N)c(C=C)cc34)CC2)C1. The van der Waals surface area contributed by atoms with Gasteiger partial charge in [-0.1, -0.05) is 25.3 Å². The molecule has 1 aromatic heterocycles. The number of hydrogen-bond acceptors (Lipinski definition) is 8. The van der Waals surface area contributed by atoms with Gasteiger partial charge in [0, 0.05) is 65.9 Å². The van der Waals surface area contributed by atoms with Crippen molar-refractivity contribution < 1.29 is 22.7 Å². The number of aromatic nitrogens is 2. The third kappa shape index (κ3) is 6.25. The highest BCUT2D eigenvalue weighted by atomic mass is 19.4. The molecule has 254 valence electrons. The molecule has 12 heteroatoms. The minimum absolute atomic E-state index is 0.0230. The second-order valence-electron chi connectivity index (χ2n) is 13.4. The molecular formula is C36H42F3N7O2. The van der Waals surface area contributed by atoms with E-state index >= 15 is 0 Å². The summed E-state index contributed by atoms with van der Waals surface area (Å²) < 4.78 is 47.3. The van der Waals surface area contributed by atoms with Crippen LogP contribution in [0.15, 0.2) is 37.4 Å². The molecule has 48 heavy (non-hydrogen) atoms. The maximum absolute atomic E-state index is 13.9. The lowest BCUT2D eigenvalue weighted by atomic mass is 9.72. The Labute approximate surface area is 278 Å². The van der Waals surface area contributed by atoms with Crippen molar-refractivity contribution in [2.24, 2.45) is 5.41 Å². The Morgan fingerprint density at radius 2 is 1.81 bits per heavy atom. The van der Waals surface area contributed by atoms with Crippen LogP contribution in [0, 0.1) is 17.7 Å². The molecule has 3 fully saturated rings. The van der Waals surface area contributed by atoms with E-state index in [-0.39, 0.29) is 23.0 Å². The Balaban J connectivity index is 1.54. The number of carbonyl (C=O) groups is 1. The number of carbonyl (C=O) groups excluding carboxylic acids is 1. The Hall–Kier alpha value is -4.45. The van der Waals surface area contributed by atoms with Gasteiger partial charge < -0.3 is 30.6 Å². The Bertz CT molecular complexity index is 1770. The summed E-state index contributed by atoms with van der Waals surface area (Å²) in [6, 6.07) is 5.34. The number of ether oxygens (including phenoxy) is 1. The number of rotatable bonds is 8. The first-order chi connectivity index (χ1) is 22.9. The summed E-state index contributed by atoms with van der Waals surface area (Å²) in [5.74, 6) is 1.18. The van der Waals surface area contributed by atoms with Crippen LogP contribution in [0.2, 0.25) is 0 Å². The first-order valence-electron chi connectivity index (χ1n) is 16.3. The van der Waals surface area contributed by atoms with Gasteiger partial charge in [-0.25, -0.2) is 9.97 Å². The van der Waals surface area contributed by atoms with E-state index < -0.39 is 12.8 Å². The number of amides is 1. The molecule has 3 saturated heterocycles.